The van der Waals surface area contributed by atoms with Crippen LogP contribution in [0.15, 0.2) is 48.7 Å². The van der Waals surface area contributed by atoms with Crippen LogP contribution in [0.4, 0.5) is 19.0 Å². The van der Waals surface area contributed by atoms with Crippen molar-refractivity contribution >= 4 is 23.3 Å². The zero-order valence-electron chi connectivity index (χ0n) is 20.2. The van der Waals surface area contributed by atoms with Crippen LogP contribution < -0.4 is 15.4 Å². The summed E-state index contributed by atoms with van der Waals surface area (Å²) in [7, 11) is 0. The van der Waals surface area contributed by atoms with E-state index in [1.165, 1.54) is 17.5 Å². The van der Waals surface area contributed by atoms with Crippen molar-refractivity contribution in [2.24, 2.45) is 0 Å². The Morgan fingerprint density at radius 3 is 2.54 bits per heavy atom. The largest absolute Gasteiger partial charge is 0.484 e. The number of pyridine rings is 1. The third-order valence-corrected chi connectivity index (χ3v) is 5.35. The molecule has 37 heavy (non-hydrogen) atoms. The number of ether oxygens (including phenoxy) is 1. The summed E-state index contributed by atoms with van der Waals surface area (Å²) >= 11 is 0. The highest BCUT2D eigenvalue weighted by atomic mass is 19.4. The van der Waals surface area contributed by atoms with Crippen LogP contribution in [0.2, 0.25) is 0 Å². The number of carbonyl (C=O) groups excluding carboxylic acids is 2. The number of hydrogen-bond donors (Lipinski definition) is 2. The van der Waals surface area contributed by atoms with Crippen molar-refractivity contribution in [1.82, 2.24) is 24.9 Å². The number of nitrogens with one attached hydrogen (secondary N) is 2. The van der Waals surface area contributed by atoms with Crippen LogP contribution in [0.1, 0.15) is 34.2 Å². The number of aryl methyl sites for hydroxylation is 2. The van der Waals surface area contributed by atoms with E-state index in [1.54, 1.807) is 56.4 Å². The van der Waals surface area contributed by atoms with Gasteiger partial charge in [0.05, 0.1) is 23.1 Å². The number of fused-ring (bicyclic) bond motifs is 1. The zero-order chi connectivity index (χ0) is 26.7. The van der Waals surface area contributed by atoms with Gasteiger partial charge < -0.3 is 15.4 Å². The lowest BCUT2D eigenvalue weighted by molar-refractivity contribution is -0.153. The molecular weight excluding hydrogens is 489 g/mol. The Balaban J connectivity index is 1.56. The number of anilines is 1. The first-order valence-corrected chi connectivity index (χ1v) is 11.2. The number of amides is 2. The lowest BCUT2D eigenvalue weighted by Crippen LogP contribution is -2.25. The number of halogens is 3. The van der Waals surface area contributed by atoms with Crippen LogP contribution in [0.3, 0.4) is 0 Å². The SMILES string of the molecule is CC(=O)Nc1cn2nc(-c3cc(C(=O)NCc4ccccc4OCC(F)(F)F)c(C)nc3C)ccc2n1. The average molecular weight is 512 g/mol. The van der Waals surface area contributed by atoms with E-state index in [0.29, 0.717) is 45.2 Å². The number of rotatable bonds is 7. The molecule has 3 heterocycles. The Hall–Kier alpha value is -4.48. The molecule has 0 radical (unpaired) electrons. The Kier molecular flexibility index (Phi) is 7.09. The maximum atomic E-state index is 13.0. The van der Waals surface area contributed by atoms with Crippen molar-refractivity contribution < 1.29 is 27.5 Å². The van der Waals surface area contributed by atoms with Crippen molar-refractivity contribution in [3.63, 3.8) is 0 Å². The van der Waals surface area contributed by atoms with Crippen LogP contribution in [-0.2, 0) is 11.3 Å². The molecule has 0 aliphatic heterocycles. The summed E-state index contributed by atoms with van der Waals surface area (Å²) in [4.78, 5) is 33.1. The normalized spacial score (nSPS) is 11.4. The number of nitrogens with zero attached hydrogens (tertiary/aromatic N) is 4. The fourth-order valence-electron chi connectivity index (χ4n) is 3.70. The second kappa shape index (κ2) is 10.2. The predicted molar refractivity (Wildman–Crippen MR) is 129 cm³/mol. The average Bonchev–Trinajstić information content (AvgIpc) is 3.22. The summed E-state index contributed by atoms with van der Waals surface area (Å²) in [6.07, 6.45) is -2.90. The van der Waals surface area contributed by atoms with E-state index < -0.39 is 18.7 Å². The molecule has 4 aromatic rings. The Labute approximate surface area is 209 Å². The number of carbonyl (C=O) groups is 2. The highest BCUT2D eigenvalue weighted by Crippen LogP contribution is 2.25. The third-order valence-electron chi connectivity index (χ3n) is 5.35. The van der Waals surface area contributed by atoms with E-state index in [1.807, 2.05) is 0 Å². The Bertz CT molecular complexity index is 1480. The number of hydrogen-bond acceptors (Lipinski definition) is 6. The Morgan fingerprint density at radius 1 is 1.05 bits per heavy atom. The molecule has 0 bridgehead atoms. The van der Waals surface area contributed by atoms with Crippen LogP contribution in [0, 0.1) is 13.8 Å². The summed E-state index contributed by atoms with van der Waals surface area (Å²) in [5, 5.41) is 9.86. The van der Waals surface area contributed by atoms with Gasteiger partial charge in [0.2, 0.25) is 5.91 Å². The van der Waals surface area contributed by atoms with Gasteiger partial charge in [-0.1, -0.05) is 18.2 Å². The molecule has 0 saturated heterocycles. The maximum absolute atomic E-state index is 13.0. The molecule has 0 aliphatic carbocycles. The van der Waals surface area contributed by atoms with Crippen LogP contribution >= 0.6 is 0 Å². The van der Waals surface area contributed by atoms with Crippen molar-refractivity contribution in [3.05, 3.63) is 71.2 Å². The van der Waals surface area contributed by atoms with Crippen LogP contribution in [0.25, 0.3) is 16.9 Å². The summed E-state index contributed by atoms with van der Waals surface area (Å²) in [5.41, 5.74) is 3.49. The van der Waals surface area contributed by atoms with Gasteiger partial charge >= 0.3 is 6.18 Å². The van der Waals surface area contributed by atoms with Crippen LogP contribution in [0.5, 0.6) is 5.75 Å². The van der Waals surface area contributed by atoms with E-state index in [0.717, 1.165) is 0 Å². The molecular formula is C25H23F3N6O3. The first-order chi connectivity index (χ1) is 17.5. The molecule has 2 amide bonds. The molecule has 3 aromatic heterocycles. The van der Waals surface area contributed by atoms with Gasteiger partial charge in [-0.2, -0.15) is 18.3 Å². The standard InChI is InChI=1S/C25H23F3N6O3/c1-14-18(20-8-9-23-32-22(31-16(3)35)12-34(23)33-20)10-19(15(2)30-14)24(36)29-11-17-6-4-5-7-21(17)37-13-25(26,27)28/h4-10,12H,11,13H2,1-3H3,(H,29,36)(H,31,35). The number of aromatic nitrogens is 4. The molecule has 0 aliphatic rings. The molecule has 0 spiro atoms. The van der Waals surface area contributed by atoms with Crippen molar-refractivity contribution in [2.75, 3.05) is 11.9 Å². The van der Waals surface area contributed by atoms with Gasteiger partial charge in [0.15, 0.2) is 18.1 Å². The highest BCUT2D eigenvalue weighted by Gasteiger charge is 2.28. The summed E-state index contributed by atoms with van der Waals surface area (Å²) in [6.45, 7) is 3.40. The molecule has 0 fully saturated rings. The first kappa shape index (κ1) is 25.6. The minimum absolute atomic E-state index is 0.0380. The van der Waals surface area contributed by atoms with Crippen LogP contribution in [-0.4, -0.2) is 44.2 Å². The lowest BCUT2D eigenvalue weighted by Gasteiger charge is -2.15. The molecule has 0 unspecified atom stereocenters. The van der Waals surface area contributed by atoms with Crippen molar-refractivity contribution in [3.8, 4) is 17.0 Å². The van der Waals surface area contributed by atoms with E-state index in [-0.39, 0.29) is 18.2 Å². The predicted octanol–water partition coefficient (Wildman–Crippen LogP) is 4.24. The fraction of sp³-hybridized carbons (Fsp3) is 0.240. The number of alkyl halides is 3. The van der Waals surface area contributed by atoms with Gasteiger partial charge in [-0.25, -0.2) is 9.50 Å². The highest BCUT2D eigenvalue weighted by molar-refractivity contribution is 5.96. The topological polar surface area (TPSA) is 111 Å². The molecule has 9 nitrogen and oxygen atoms in total. The van der Waals surface area contributed by atoms with Crippen molar-refractivity contribution in [2.45, 2.75) is 33.5 Å². The number of benzene rings is 1. The second-order valence-electron chi connectivity index (χ2n) is 8.28. The minimum Gasteiger partial charge on any atom is -0.484 e. The molecule has 1 aromatic carbocycles. The zero-order valence-corrected chi connectivity index (χ0v) is 20.2. The molecule has 2 N–H and O–H groups in total. The van der Waals surface area contributed by atoms with E-state index in [2.05, 4.69) is 25.7 Å². The Morgan fingerprint density at radius 2 is 1.81 bits per heavy atom. The second-order valence-corrected chi connectivity index (χ2v) is 8.28. The van der Waals surface area contributed by atoms with Crippen molar-refractivity contribution in [1.29, 1.82) is 0 Å². The monoisotopic (exact) mass is 512 g/mol. The van der Waals surface area contributed by atoms with Gasteiger partial charge in [-0.3, -0.25) is 14.6 Å². The first-order valence-electron chi connectivity index (χ1n) is 11.2. The summed E-state index contributed by atoms with van der Waals surface area (Å²) in [6, 6.07) is 11.3. The minimum atomic E-state index is -4.48. The van der Waals surface area contributed by atoms with Gasteiger partial charge in [0, 0.05) is 30.3 Å². The van der Waals surface area contributed by atoms with Gasteiger partial charge in [0.1, 0.15) is 5.75 Å². The maximum Gasteiger partial charge on any atom is 0.422 e. The third kappa shape index (κ3) is 6.21. The van der Waals surface area contributed by atoms with Gasteiger partial charge in [0.25, 0.3) is 5.91 Å². The molecule has 192 valence electrons. The lowest BCUT2D eigenvalue weighted by atomic mass is 10.0. The number of para-hydroxylation sites is 1. The fourth-order valence-corrected chi connectivity index (χ4v) is 3.70. The molecule has 0 atom stereocenters. The molecule has 4 rings (SSSR count). The van der Waals surface area contributed by atoms with Gasteiger partial charge in [-0.15, -0.1) is 0 Å². The number of imidazole rings is 1. The van der Waals surface area contributed by atoms with E-state index in [4.69, 9.17) is 4.74 Å². The quantitative estimate of drug-likeness (QED) is 0.383. The summed E-state index contributed by atoms with van der Waals surface area (Å²) in [5.74, 6) is -0.313. The summed E-state index contributed by atoms with van der Waals surface area (Å²) < 4.78 is 44.1. The van der Waals surface area contributed by atoms with E-state index in [9.17, 15) is 22.8 Å². The smallest absolute Gasteiger partial charge is 0.422 e. The van der Waals surface area contributed by atoms with Gasteiger partial charge in [-0.05, 0) is 38.1 Å². The van der Waals surface area contributed by atoms with E-state index >= 15 is 0 Å². The molecule has 12 heteroatoms. The molecule has 0 saturated carbocycles.